The lowest BCUT2D eigenvalue weighted by Gasteiger charge is -2.35. The summed E-state index contributed by atoms with van der Waals surface area (Å²) in [6.45, 7) is 5.99. The molecule has 1 aromatic carbocycles. The average molecular weight is 291 g/mol. The first kappa shape index (κ1) is 15.5. The number of carbonyl (C=O) groups is 2. The Bertz CT molecular complexity index is 565. The van der Waals surface area contributed by atoms with E-state index < -0.39 is 0 Å². The molecule has 5 nitrogen and oxygen atoms in total. The van der Waals surface area contributed by atoms with Crippen molar-refractivity contribution in [3.05, 3.63) is 29.3 Å². The minimum atomic E-state index is -0.247. The van der Waals surface area contributed by atoms with Crippen molar-refractivity contribution in [2.24, 2.45) is 0 Å². The predicted molar refractivity (Wildman–Crippen MR) is 78.6 cm³/mol. The van der Waals surface area contributed by atoms with E-state index in [1.165, 1.54) is 19.1 Å². The van der Waals surface area contributed by atoms with Gasteiger partial charge >= 0.3 is 0 Å². The quantitative estimate of drug-likeness (QED) is 0.838. The van der Waals surface area contributed by atoms with Crippen LogP contribution in [0, 0.1) is 0 Å². The number of hydrogen-bond donors (Lipinski definition) is 2. The molecule has 1 aromatic rings. The Morgan fingerprint density at radius 3 is 2.67 bits per heavy atom. The minimum Gasteiger partial charge on any atom is -0.507 e. The Balaban J connectivity index is 2.07. The van der Waals surface area contributed by atoms with Gasteiger partial charge in [-0.1, -0.05) is 0 Å². The van der Waals surface area contributed by atoms with Gasteiger partial charge in [-0.25, -0.2) is 0 Å². The first-order valence-corrected chi connectivity index (χ1v) is 7.07. The summed E-state index contributed by atoms with van der Waals surface area (Å²) >= 11 is 0. The average Bonchev–Trinajstić information content (AvgIpc) is 2.36. The van der Waals surface area contributed by atoms with Gasteiger partial charge in [-0.15, -0.1) is 0 Å². The maximum atomic E-state index is 12.2. The lowest BCUT2D eigenvalue weighted by atomic mass is 9.93. The largest absolute Gasteiger partial charge is 0.507 e. The molecule has 1 aliphatic heterocycles. The topological polar surface area (TPSA) is 75.6 Å². The summed E-state index contributed by atoms with van der Waals surface area (Å²) in [6.07, 6.45) is 1.52. The van der Waals surface area contributed by atoms with Crippen LogP contribution in [0.4, 0.5) is 0 Å². The van der Waals surface area contributed by atoms with Gasteiger partial charge in [-0.3, -0.25) is 9.59 Å². The molecule has 1 aliphatic rings. The Hall–Kier alpha value is -1.88. The van der Waals surface area contributed by atoms with Gasteiger partial charge in [0.25, 0.3) is 5.91 Å². The van der Waals surface area contributed by atoms with Crippen molar-refractivity contribution in [1.29, 1.82) is 0 Å². The first-order valence-electron chi connectivity index (χ1n) is 7.07. The van der Waals surface area contributed by atoms with Crippen LogP contribution < -0.4 is 5.32 Å². The molecule has 2 rings (SSSR count). The molecule has 5 heteroatoms. The maximum absolute atomic E-state index is 12.2. The first-order chi connectivity index (χ1) is 9.78. The molecule has 0 radical (unpaired) electrons. The summed E-state index contributed by atoms with van der Waals surface area (Å²) in [5, 5.41) is 12.7. The molecule has 0 bridgehead atoms. The summed E-state index contributed by atoms with van der Waals surface area (Å²) in [6, 6.07) is 4.41. The van der Waals surface area contributed by atoms with E-state index in [1.807, 2.05) is 13.8 Å². The zero-order valence-electron chi connectivity index (χ0n) is 12.6. The second kappa shape index (κ2) is 5.85. The van der Waals surface area contributed by atoms with Crippen LogP contribution in [0.5, 0.6) is 5.75 Å². The van der Waals surface area contributed by atoms with Crippen molar-refractivity contribution < 1.29 is 19.4 Å². The zero-order chi connectivity index (χ0) is 15.6. The number of Topliss-reactive ketones (excluding diaryl/α,β-unsaturated/α-hetero) is 1. The summed E-state index contributed by atoms with van der Waals surface area (Å²) < 4.78 is 5.62. The van der Waals surface area contributed by atoms with E-state index >= 15 is 0 Å². The molecule has 1 saturated heterocycles. The molecular weight excluding hydrogens is 270 g/mol. The number of benzene rings is 1. The smallest absolute Gasteiger partial charge is 0.251 e. The molecular formula is C16H21NO4. The Labute approximate surface area is 124 Å². The number of nitrogens with one attached hydrogen (secondary N) is 1. The van der Waals surface area contributed by atoms with E-state index in [2.05, 4.69) is 5.32 Å². The fraction of sp³-hybridized carbons (Fsp3) is 0.500. The summed E-state index contributed by atoms with van der Waals surface area (Å²) in [5.74, 6) is -0.642. The van der Waals surface area contributed by atoms with Crippen molar-refractivity contribution in [3.63, 3.8) is 0 Å². The van der Waals surface area contributed by atoms with Crippen molar-refractivity contribution in [1.82, 2.24) is 5.32 Å². The van der Waals surface area contributed by atoms with E-state index in [1.54, 1.807) is 6.07 Å². The number of phenols is 1. The molecule has 1 atom stereocenters. The summed E-state index contributed by atoms with van der Waals surface area (Å²) in [7, 11) is 0. The molecule has 0 saturated carbocycles. The van der Waals surface area contributed by atoms with Crippen molar-refractivity contribution in [2.75, 3.05) is 6.61 Å². The molecule has 0 aromatic heterocycles. The number of aromatic hydroxyl groups is 1. The molecule has 1 heterocycles. The van der Waals surface area contributed by atoms with Crippen LogP contribution >= 0.6 is 0 Å². The number of ether oxygens (including phenoxy) is 1. The molecule has 1 amide bonds. The van der Waals surface area contributed by atoms with Crippen LogP contribution in [0.15, 0.2) is 18.2 Å². The van der Waals surface area contributed by atoms with Crippen LogP contribution in [0.2, 0.25) is 0 Å². The number of carbonyl (C=O) groups excluding carboxylic acids is 2. The van der Waals surface area contributed by atoms with E-state index in [9.17, 15) is 14.7 Å². The maximum Gasteiger partial charge on any atom is 0.251 e. The van der Waals surface area contributed by atoms with Gasteiger partial charge in [-0.05, 0) is 51.8 Å². The molecule has 0 aliphatic carbocycles. The van der Waals surface area contributed by atoms with E-state index in [-0.39, 0.29) is 34.6 Å². The zero-order valence-corrected chi connectivity index (χ0v) is 12.6. The Kier molecular flexibility index (Phi) is 4.32. The minimum absolute atomic E-state index is 0.0517. The van der Waals surface area contributed by atoms with Crippen LogP contribution in [-0.4, -0.2) is 35.0 Å². The van der Waals surface area contributed by atoms with Gasteiger partial charge in [0.05, 0.1) is 11.2 Å². The van der Waals surface area contributed by atoms with Gasteiger partial charge < -0.3 is 15.2 Å². The second-order valence-corrected chi connectivity index (χ2v) is 6.06. The molecule has 0 spiro atoms. The van der Waals surface area contributed by atoms with Gasteiger partial charge in [-0.2, -0.15) is 0 Å². The highest BCUT2D eigenvalue weighted by Gasteiger charge is 2.29. The second-order valence-electron chi connectivity index (χ2n) is 6.06. The number of ketones is 1. The van der Waals surface area contributed by atoms with E-state index in [0.717, 1.165) is 12.8 Å². The Morgan fingerprint density at radius 1 is 1.38 bits per heavy atom. The predicted octanol–water partition coefficient (Wildman–Crippen LogP) is 2.28. The molecule has 1 fully saturated rings. The lowest BCUT2D eigenvalue weighted by molar-refractivity contribution is -0.0615. The molecule has 0 unspecified atom stereocenters. The molecule has 114 valence electrons. The standard InChI is InChI=1S/C16H21NO4/c1-10(18)13-5-4-11(8-14(13)19)15(20)17-12-6-7-21-16(2,3)9-12/h4-5,8,12,19H,6-7,9H2,1-3H3,(H,17,20)/t12-/m0/s1. The number of rotatable bonds is 3. The van der Waals surface area contributed by atoms with Gasteiger partial charge in [0.1, 0.15) is 5.75 Å². The van der Waals surface area contributed by atoms with Gasteiger partial charge in [0.2, 0.25) is 0 Å². The van der Waals surface area contributed by atoms with E-state index in [0.29, 0.717) is 12.2 Å². The van der Waals surface area contributed by atoms with Crippen LogP contribution in [0.3, 0.4) is 0 Å². The van der Waals surface area contributed by atoms with Crippen molar-refractivity contribution in [3.8, 4) is 5.75 Å². The third-order valence-corrected chi connectivity index (χ3v) is 3.67. The van der Waals surface area contributed by atoms with Crippen molar-refractivity contribution in [2.45, 2.75) is 45.3 Å². The SMILES string of the molecule is CC(=O)c1ccc(C(=O)N[C@H]2CCOC(C)(C)C2)cc1O. The monoisotopic (exact) mass is 291 g/mol. The Morgan fingerprint density at radius 2 is 2.10 bits per heavy atom. The molecule has 2 N–H and O–H groups in total. The van der Waals surface area contributed by atoms with Gasteiger partial charge in [0.15, 0.2) is 5.78 Å². The fourth-order valence-electron chi connectivity index (χ4n) is 2.59. The third-order valence-electron chi connectivity index (χ3n) is 3.67. The van der Waals surface area contributed by atoms with E-state index in [4.69, 9.17) is 4.74 Å². The third kappa shape index (κ3) is 3.82. The van der Waals surface area contributed by atoms with Crippen LogP contribution in [0.1, 0.15) is 54.3 Å². The van der Waals surface area contributed by atoms with Crippen LogP contribution in [-0.2, 0) is 4.74 Å². The highest BCUT2D eigenvalue weighted by molar-refractivity contribution is 6.00. The summed E-state index contributed by atoms with van der Waals surface area (Å²) in [4.78, 5) is 23.5. The number of hydrogen-bond acceptors (Lipinski definition) is 4. The number of amides is 1. The highest BCUT2D eigenvalue weighted by atomic mass is 16.5. The lowest BCUT2D eigenvalue weighted by Crippen LogP contribution is -2.45. The summed E-state index contributed by atoms with van der Waals surface area (Å²) in [5.41, 5.74) is 0.331. The highest BCUT2D eigenvalue weighted by Crippen LogP contribution is 2.24. The van der Waals surface area contributed by atoms with Crippen LogP contribution in [0.25, 0.3) is 0 Å². The normalized spacial score (nSPS) is 20.8. The molecule has 21 heavy (non-hydrogen) atoms. The number of phenolic OH excluding ortho intramolecular Hbond substituents is 1. The van der Waals surface area contributed by atoms with Gasteiger partial charge in [0, 0.05) is 18.2 Å². The van der Waals surface area contributed by atoms with Crippen molar-refractivity contribution >= 4 is 11.7 Å². The fourth-order valence-corrected chi connectivity index (χ4v) is 2.59.